The Morgan fingerprint density at radius 2 is 1.85 bits per heavy atom. The second-order valence-electron chi connectivity index (χ2n) is 6.98. The summed E-state index contributed by atoms with van der Waals surface area (Å²) in [4.78, 5) is 16.4. The van der Waals surface area contributed by atoms with Crippen LogP contribution in [0.2, 0.25) is 5.02 Å². The summed E-state index contributed by atoms with van der Waals surface area (Å²) in [6.45, 7) is 0. The van der Waals surface area contributed by atoms with Crippen LogP contribution in [0.3, 0.4) is 0 Å². The highest BCUT2D eigenvalue weighted by Gasteiger charge is 2.22. The van der Waals surface area contributed by atoms with Gasteiger partial charge in [0.2, 0.25) is 5.16 Å². The molecule has 0 saturated heterocycles. The number of ether oxygens (including phenoxy) is 1. The minimum atomic E-state index is -0.472. The van der Waals surface area contributed by atoms with Crippen molar-refractivity contribution >= 4 is 46.3 Å². The first-order chi connectivity index (χ1) is 16.0. The van der Waals surface area contributed by atoms with Gasteiger partial charge in [0.1, 0.15) is 11.5 Å². The Hall–Kier alpha value is -3.57. The third-order valence-electron chi connectivity index (χ3n) is 4.81. The van der Waals surface area contributed by atoms with Crippen molar-refractivity contribution in [3.05, 3.63) is 70.6 Å². The number of hydrogen-bond acceptors (Lipinski definition) is 8. The fourth-order valence-corrected chi connectivity index (χ4v) is 4.10. The molecule has 2 aromatic carbocycles. The molecule has 166 valence electrons. The monoisotopic (exact) mass is 483 g/mol. The average Bonchev–Trinajstić information content (AvgIpc) is 3.40. The lowest BCUT2D eigenvalue weighted by atomic mass is 10.2. The number of rotatable bonds is 6. The van der Waals surface area contributed by atoms with E-state index in [9.17, 15) is 9.18 Å². The molecular formula is C21H15ClFN7O2S. The predicted octanol–water partition coefficient (Wildman–Crippen LogP) is 3.66. The fourth-order valence-electron chi connectivity index (χ4n) is 3.20. The van der Waals surface area contributed by atoms with Gasteiger partial charge in [-0.1, -0.05) is 35.5 Å². The van der Waals surface area contributed by atoms with Crippen LogP contribution < -0.4 is 0 Å². The van der Waals surface area contributed by atoms with Gasteiger partial charge < -0.3 is 4.74 Å². The summed E-state index contributed by atoms with van der Waals surface area (Å²) in [5.74, 6) is 0.0565. The van der Waals surface area contributed by atoms with Crippen molar-refractivity contribution in [2.75, 3.05) is 7.11 Å². The molecule has 3 heterocycles. The molecule has 0 spiro atoms. The first kappa shape index (κ1) is 21.3. The van der Waals surface area contributed by atoms with Gasteiger partial charge in [-0.25, -0.2) is 9.07 Å². The number of carbonyl (C=O) groups excluding carboxylic acids is 1. The summed E-state index contributed by atoms with van der Waals surface area (Å²) in [5, 5.41) is 18.7. The molecule has 0 bridgehead atoms. The summed E-state index contributed by atoms with van der Waals surface area (Å²) in [7, 11) is 1.30. The Kier molecular flexibility index (Phi) is 5.65. The predicted molar refractivity (Wildman–Crippen MR) is 120 cm³/mol. The first-order valence-electron chi connectivity index (χ1n) is 9.73. The average molecular weight is 484 g/mol. The third kappa shape index (κ3) is 4.24. The summed E-state index contributed by atoms with van der Waals surface area (Å²) in [6.07, 6.45) is -0.103. The number of carbonyl (C=O) groups is 1. The maximum Gasteiger partial charge on any atom is 0.311 e. The van der Waals surface area contributed by atoms with Crippen LogP contribution in [-0.4, -0.2) is 47.7 Å². The van der Waals surface area contributed by atoms with Crippen LogP contribution in [0.5, 0.6) is 0 Å². The van der Waals surface area contributed by atoms with Crippen LogP contribution in [-0.2, 0) is 21.7 Å². The second-order valence-corrected chi connectivity index (χ2v) is 8.36. The van der Waals surface area contributed by atoms with Gasteiger partial charge in [-0.15, -0.1) is 15.3 Å². The maximum absolute atomic E-state index is 13.5. The molecule has 3 aromatic heterocycles. The summed E-state index contributed by atoms with van der Waals surface area (Å²) in [6, 6.07) is 13.3. The third-order valence-corrected chi connectivity index (χ3v) is 5.97. The Balaban J connectivity index is 1.59. The molecule has 0 unspecified atom stereocenters. The van der Waals surface area contributed by atoms with Gasteiger partial charge in [0.05, 0.1) is 19.2 Å². The lowest BCUT2D eigenvalue weighted by molar-refractivity contribution is -0.139. The summed E-state index contributed by atoms with van der Waals surface area (Å²) in [5.41, 5.74) is 2.82. The highest BCUT2D eigenvalue weighted by molar-refractivity contribution is 7.98. The molecule has 0 radical (unpaired) electrons. The zero-order valence-corrected chi connectivity index (χ0v) is 18.7. The molecule has 0 atom stereocenters. The van der Waals surface area contributed by atoms with Crippen molar-refractivity contribution in [2.24, 2.45) is 0 Å². The minimum Gasteiger partial charge on any atom is -0.469 e. The van der Waals surface area contributed by atoms with Crippen molar-refractivity contribution < 1.29 is 13.9 Å². The first-order valence-corrected chi connectivity index (χ1v) is 11.1. The smallest absolute Gasteiger partial charge is 0.311 e. The van der Waals surface area contributed by atoms with Crippen LogP contribution in [0, 0.1) is 5.82 Å². The Morgan fingerprint density at radius 1 is 1.09 bits per heavy atom. The second kappa shape index (κ2) is 8.75. The van der Waals surface area contributed by atoms with Crippen molar-refractivity contribution in [2.45, 2.75) is 17.3 Å². The number of nitrogens with zero attached hydrogens (tertiary/aromatic N) is 7. The van der Waals surface area contributed by atoms with E-state index < -0.39 is 5.97 Å². The van der Waals surface area contributed by atoms with E-state index >= 15 is 0 Å². The number of halogens is 2. The van der Waals surface area contributed by atoms with E-state index in [0.717, 1.165) is 5.56 Å². The van der Waals surface area contributed by atoms with Crippen LogP contribution in [0.1, 0.15) is 11.3 Å². The highest BCUT2D eigenvalue weighted by Crippen LogP contribution is 2.25. The molecule has 0 saturated carbocycles. The summed E-state index contributed by atoms with van der Waals surface area (Å²) >= 11 is 7.38. The van der Waals surface area contributed by atoms with Crippen molar-refractivity contribution in [1.82, 2.24) is 34.6 Å². The Bertz CT molecular complexity index is 1470. The highest BCUT2D eigenvalue weighted by atomic mass is 35.5. The normalized spacial score (nSPS) is 11.4. The zero-order valence-electron chi connectivity index (χ0n) is 17.1. The number of methoxy groups -OCH3 is 1. The molecule has 33 heavy (non-hydrogen) atoms. The van der Waals surface area contributed by atoms with E-state index in [4.69, 9.17) is 16.3 Å². The zero-order chi connectivity index (χ0) is 22.9. The molecule has 0 N–H and O–H groups in total. The van der Waals surface area contributed by atoms with Gasteiger partial charge in [-0.05, 0) is 42.0 Å². The maximum atomic E-state index is 13.5. The molecule has 9 nitrogen and oxygen atoms in total. The van der Waals surface area contributed by atoms with Gasteiger partial charge in [-0.3, -0.25) is 4.79 Å². The molecule has 0 aliphatic rings. The van der Waals surface area contributed by atoms with Gasteiger partial charge in [0.15, 0.2) is 11.2 Å². The standard InChI is InChI=1S/C21H15ClFN7O2S/c1-32-17(31)10-16-18-19(29(27-16)15-8-6-14(23)7-9-15)30-20(26-25-18)24-21(28-30)33-11-12-2-4-13(22)5-3-12/h2-9H,10-11H2,1H3. The van der Waals surface area contributed by atoms with Gasteiger partial charge in [0.25, 0.3) is 5.78 Å². The van der Waals surface area contributed by atoms with Gasteiger partial charge in [-0.2, -0.15) is 14.6 Å². The van der Waals surface area contributed by atoms with Gasteiger partial charge in [0, 0.05) is 10.8 Å². The van der Waals surface area contributed by atoms with Crippen LogP contribution >= 0.6 is 23.4 Å². The fraction of sp³-hybridized carbons (Fsp3) is 0.143. The van der Waals surface area contributed by atoms with E-state index in [1.807, 2.05) is 24.3 Å². The van der Waals surface area contributed by atoms with Crippen molar-refractivity contribution in [3.8, 4) is 5.69 Å². The van der Waals surface area contributed by atoms with E-state index in [-0.39, 0.29) is 18.0 Å². The molecule has 0 aliphatic heterocycles. The molecular weight excluding hydrogens is 469 g/mol. The lowest BCUT2D eigenvalue weighted by Crippen LogP contribution is -2.06. The van der Waals surface area contributed by atoms with Crippen LogP contribution in [0.25, 0.3) is 22.6 Å². The van der Waals surface area contributed by atoms with Crippen LogP contribution in [0.4, 0.5) is 4.39 Å². The summed E-state index contributed by atoms with van der Waals surface area (Å²) < 4.78 is 21.3. The van der Waals surface area contributed by atoms with E-state index in [1.165, 1.54) is 40.2 Å². The number of aromatic nitrogens is 7. The van der Waals surface area contributed by atoms with Crippen molar-refractivity contribution in [3.63, 3.8) is 0 Å². The SMILES string of the molecule is COC(=O)Cc1nn(-c2ccc(F)cc2)c2c1nnc1nc(SCc3ccc(Cl)cc3)nn12. The molecule has 0 fully saturated rings. The topological polar surface area (TPSA) is 100 Å². The number of benzene rings is 2. The minimum absolute atomic E-state index is 0.103. The molecule has 0 amide bonds. The lowest BCUT2D eigenvalue weighted by Gasteiger charge is -2.03. The molecule has 5 aromatic rings. The quantitative estimate of drug-likeness (QED) is 0.266. The molecule has 12 heteroatoms. The molecule has 5 rings (SSSR count). The van der Waals surface area contributed by atoms with Crippen molar-refractivity contribution in [1.29, 1.82) is 0 Å². The van der Waals surface area contributed by atoms with Gasteiger partial charge >= 0.3 is 5.97 Å². The number of esters is 1. The number of hydrogen-bond donors (Lipinski definition) is 0. The number of fused-ring (bicyclic) bond motifs is 3. The van der Waals surface area contributed by atoms with E-state index in [1.54, 1.807) is 12.1 Å². The van der Waals surface area contributed by atoms with E-state index in [2.05, 4.69) is 25.4 Å². The number of thioether (sulfide) groups is 1. The Morgan fingerprint density at radius 3 is 2.58 bits per heavy atom. The molecule has 0 aliphatic carbocycles. The Labute approximate surface area is 195 Å². The largest absolute Gasteiger partial charge is 0.469 e. The van der Waals surface area contributed by atoms with Crippen LogP contribution in [0.15, 0.2) is 53.7 Å². The van der Waals surface area contributed by atoms with E-state index in [0.29, 0.717) is 38.5 Å².